The molecule has 0 fully saturated rings. The number of hydrogen-bond acceptors (Lipinski definition) is 3. The van der Waals surface area contributed by atoms with Crippen LogP contribution in [0, 0.1) is 6.92 Å². The number of hydrogen-bond donors (Lipinski definition) is 2. The second-order valence-corrected chi connectivity index (χ2v) is 5.43. The molecule has 20 heavy (non-hydrogen) atoms. The zero-order valence-electron chi connectivity index (χ0n) is 11.8. The summed E-state index contributed by atoms with van der Waals surface area (Å²) in [6.45, 7) is 3.77. The van der Waals surface area contributed by atoms with E-state index >= 15 is 0 Å². The van der Waals surface area contributed by atoms with Gasteiger partial charge in [0.15, 0.2) is 0 Å². The Morgan fingerprint density at radius 2 is 2.15 bits per heavy atom. The Balaban J connectivity index is 2.93. The van der Waals surface area contributed by atoms with Crippen LogP contribution in [-0.2, 0) is 4.79 Å². The fourth-order valence-electron chi connectivity index (χ4n) is 1.83. The molecule has 5 heteroatoms. The van der Waals surface area contributed by atoms with Crippen LogP contribution < -0.4 is 5.32 Å². The fraction of sp³-hybridized carbons (Fsp3) is 0.333. The van der Waals surface area contributed by atoms with Gasteiger partial charge in [0, 0.05) is 23.4 Å². The summed E-state index contributed by atoms with van der Waals surface area (Å²) in [5.74, 6) is -0.286. The lowest BCUT2D eigenvalue weighted by atomic mass is 10.0. The van der Waals surface area contributed by atoms with Gasteiger partial charge in [0.25, 0.3) is 5.91 Å². The van der Waals surface area contributed by atoms with E-state index in [1.54, 1.807) is 30.0 Å². The largest absolute Gasteiger partial charge is 0.478 e. The lowest BCUT2D eigenvalue weighted by molar-refractivity contribution is -0.131. The first kappa shape index (κ1) is 16.3. The number of aliphatic carboxylic acids is 1. The molecule has 0 saturated heterocycles. The van der Waals surface area contributed by atoms with Crippen LogP contribution in [0.25, 0.3) is 6.08 Å². The summed E-state index contributed by atoms with van der Waals surface area (Å²) in [6, 6.07) is 5.38. The van der Waals surface area contributed by atoms with E-state index in [9.17, 15) is 9.59 Å². The monoisotopic (exact) mass is 293 g/mol. The highest BCUT2D eigenvalue weighted by Crippen LogP contribution is 2.15. The third kappa shape index (κ3) is 4.74. The summed E-state index contributed by atoms with van der Waals surface area (Å²) in [5, 5.41) is 11.6. The van der Waals surface area contributed by atoms with Crippen LogP contribution >= 0.6 is 11.8 Å². The quantitative estimate of drug-likeness (QED) is 0.791. The van der Waals surface area contributed by atoms with Crippen molar-refractivity contribution in [1.29, 1.82) is 0 Å². The van der Waals surface area contributed by atoms with Gasteiger partial charge < -0.3 is 10.4 Å². The molecule has 1 aromatic carbocycles. The molecule has 1 atom stereocenters. The minimum atomic E-state index is -1.01. The number of nitrogens with one attached hydrogen (secondary N) is 1. The van der Waals surface area contributed by atoms with Gasteiger partial charge in [-0.1, -0.05) is 12.1 Å². The highest BCUT2D eigenvalue weighted by atomic mass is 32.2. The van der Waals surface area contributed by atoms with E-state index in [2.05, 4.69) is 5.32 Å². The molecule has 2 N–H and O–H groups in total. The molecular formula is C15H19NO3S. The normalized spacial score (nSPS) is 12.3. The lowest BCUT2D eigenvalue weighted by Crippen LogP contribution is -2.34. The molecule has 108 valence electrons. The Morgan fingerprint density at radius 3 is 2.75 bits per heavy atom. The minimum Gasteiger partial charge on any atom is -0.478 e. The number of rotatable bonds is 6. The van der Waals surface area contributed by atoms with Crippen LogP contribution in [0.1, 0.15) is 28.4 Å². The molecular weight excluding hydrogens is 274 g/mol. The standard InChI is InChI=1S/C15H19NO3S/c1-10(9-20-3)16-15(19)13-6-4-5-12(11(13)2)7-8-14(17)18/h4-8,10H,9H2,1-3H3,(H,16,19)(H,17,18)/b8-7+. The van der Waals surface area contributed by atoms with Gasteiger partial charge in [0.1, 0.15) is 0 Å². The Hall–Kier alpha value is -1.75. The number of thioether (sulfide) groups is 1. The van der Waals surface area contributed by atoms with Gasteiger partial charge in [-0.25, -0.2) is 4.79 Å². The maximum atomic E-state index is 12.2. The number of benzene rings is 1. The molecule has 0 bridgehead atoms. The van der Waals surface area contributed by atoms with Crippen molar-refractivity contribution in [2.24, 2.45) is 0 Å². The second-order valence-electron chi connectivity index (χ2n) is 4.52. The smallest absolute Gasteiger partial charge is 0.328 e. The van der Waals surface area contributed by atoms with Crippen molar-refractivity contribution in [3.05, 3.63) is 41.0 Å². The van der Waals surface area contributed by atoms with E-state index in [1.165, 1.54) is 6.08 Å². The molecule has 1 rings (SSSR count). The number of carboxylic acids is 1. The summed E-state index contributed by atoms with van der Waals surface area (Å²) in [7, 11) is 0. The van der Waals surface area contributed by atoms with E-state index in [0.29, 0.717) is 5.56 Å². The Bertz CT molecular complexity index is 526. The predicted molar refractivity (Wildman–Crippen MR) is 83.2 cm³/mol. The van der Waals surface area contributed by atoms with Crippen LogP contribution in [0.4, 0.5) is 0 Å². The Kier molecular flexibility index (Phi) is 6.31. The molecule has 0 heterocycles. The van der Waals surface area contributed by atoms with Crippen LogP contribution in [0.5, 0.6) is 0 Å². The van der Waals surface area contributed by atoms with Gasteiger partial charge in [0.05, 0.1) is 0 Å². The van der Waals surface area contributed by atoms with Crippen molar-refractivity contribution in [2.45, 2.75) is 19.9 Å². The van der Waals surface area contributed by atoms with Gasteiger partial charge in [-0.2, -0.15) is 11.8 Å². The first-order valence-corrected chi connectivity index (χ1v) is 7.65. The van der Waals surface area contributed by atoms with E-state index in [4.69, 9.17) is 5.11 Å². The molecule has 0 aliphatic rings. The lowest BCUT2D eigenvalue weighted by Gasteiger charge is -2.14. The molecule has 1 aromatic rings. The number of amides is 1. The summed E-state index contributed by atoms with van der Waals surface area (Å²) < 4.78 is 0. The van der Waals surface area contributed by atoms with E-state index in [0.717, 1.165) is 23.0 Å². The van der Waals surface area contributed by atoms with Gasteiger partial charge in [-0.3, -0.25) is 4.79 Å². The zero-order valence-corrected chi connectivity index (χ0v) is 12.7. The van der Waals surface area contributed by atoms with Gasteiger partial charge in [0.2, 0.25) is 0 Å². The first-order valence-electron chi connectivity index (χ1n) is 6.26. The number of carbonyl (C=O) groups excluding carboxylic acids is 1. The predicted octanol–water partition coefficient (Wildman–Crippen LogP) is 2.57. The summed E-state index contributed by atoms with van der Waals surface area (Å²) in [5.41, 5.74) is 2.09. The van der Waals surface area contributed by atoms with E-state index < -0.39 is 5.97 Å². The van der Waals surface area contributed by atoms with Gasteiger partial charge in [-0.15, -0.1) is 0 Å². The van der Waals surface area contributed by atoms with Crippen LogP contribution in [0.2, 0.25) is 0 Å². The molecule has 0 spiro atoms. The number of carbonyl (C=O) groups is 2. The average Bonchev–Trinajstić information content (AvgIpc) is 2.37. The zero-order chi connectivity index (χ0) is 15.1. The van der Waals surface area contributed by atoms with E-state index in [1.807, 2.05) is 20.1 Å². The Morgan fingerprint density at radius 1 is 1.45 bits per heavy atom. The summed E-state index contributed by atoms with van der Waals surface area (Å²) in [4.78, 5) is 22.7. The maximum Gasteiger partial charge on any atom is 0.328 e. The molecule has 0 aliphatic heterocycles. The molecule has 0 aromatic heterocycles. The topological polar surface area (TPSA) is 66.4 Å². The van der Waals surface area contributed by atoms with Crippen LogP contribution in [0.3, 0.4) is 0 Å². The molecule has 4 nitrogen and oxygen atoms in total. The minimum absolute atomic E-state index is 0.0927. The van der Waals surface area contributed by atoms with Crippen molar-refractivity contribution >= 4 is 29.7 Å². The van der Waals surface area contributed by atoms with Crippen LogP contribution in [0.15, 0.2) is 24.3 Å². The summed E-state index contributed by atoms with van der Waals surface area (Å²) in [6.07, 6.45) is 4.56. The highest BCUT2D eigenvalue weighted by molar-refractivity contribution is 7.98. The van der Waals surface area contributed by atoms with Gasteiger partial charge in [-0.05, 0) is 43.4 Å². The maximum absolute atomic E-state index is 12.2. The van der Waals surface area contributed by atoms with Crippen LogP contribution in [-0.4, -0.2) is 35.0 Å². The Labute approximate surface area is 123 Å². The van der Waals surface area contributed by atoms with Crippen molar-refractivity contribution in [1.82, 2.24) is 5.32 Å². The van der Waals surface area contributed by atoms with Crippen molar-refractivity contribution in [3.8, 4) is 0 Å². The highest BCUT2D eigenvalue weighted by Gasteiger charge is 2.13. The fourth-order valence-corrected chi connectivity index (χ4v) is 2.42. The second kappa shape index (κ2) is 7.75. The molecule has 1 amide bonds. The SMILES string of the molecule is CSCC(C)NC(=O)c1cccc(/C=C/C(=O)O)c1C. The first-order chi connectivity index (χ1) is 9.45. The van der Waals surface area contributed by atoms with Gasteiger partial charge >= 0.3 is 5.97 Å². The molecule has 1 unspecified atom stereocenters. The van der Waals surface area contributed by atoms with Crippen molar-refractivity contribution in [3.63, 3.8) is 0 Å². The third-order valence-corrected chi connectivity index (χ3v) is 3.65. The molecule has 0 radical (unpaired) electrons. The average molecular weight is 293 g/mol. The van der Waals surface area contributed by atoms with Crippen molar-refractivity contribution in [2.75, 3.05) is 12.0 Å². The number of carboxylic acid groups (broad SMARTS) is 1. The molecule has 0 saturated carbocycles. The third-order valence-electron chi connectivity index (χ3n) is 2.82. The summed E-state index contributed by atoms with van der Waals surface area (Å²) >= 11 is 1.67. The van der Waals surface area contributed by atoms with Crippen molar-refractivity contribution < 1.29 is 14.7 Å². The molecule has 0 aliphatic carbocycles. The van der Waals surface area contributed by atoms with E-state index in [-0.39, 0.29) is 11.9 Å².